The molecule has 0 aliphatic heterocycles. The van der Waals surface area contributed by atoms with Crippen molar-refractivity contribution in [2.24, 2.45) is 0 Å². The van der Waals surface area contributed by atoms with E-state index in [1.165, 1.54) is 0 Å². The molecule has 0 fully saturated rings. The van der Waals surface area contributed by atoms with Crippen molar-refractivity contribution in [2.75, 3.05) is 0 Å². The summed E-state index contributed by atoms with van der Waals surface area (Å²) in [6, 6.07) is 84.9. The van der Waals surface area contributed by atoms with Gasteiger partial charge in [0.25, 0.3) is 0 Å². The second kappa shape index (κ2) is 23.0. The zero-order valence-corrected chi connectivity index (χ0v) is 48.1. The standard InChI is InChI=1S/C40H24N6.C38H24N6/c1-2-27-7-8-28-9-14-34(46-40(28)39(27)42-20-1)26-5-3-25(4-6-26)33-17-12-31-22-29(10-15-35(31)44-33)30-11-16-36-32(23-30)13-18-38(45-36)37-19-21-41-24-43-37;1-2-6-25(7-3-1)32-16-12-28-20-26(10-14-33(28)41-32)27-11-15-34-29(21-27)13-17-35(42-34)38-43-36(30-8-4-18-39-23-30)22-37(44-38)31-9-5-19-40-24-31/h1-24H;1-24H. The smallest absolute Gasteiger partial charge is 0.179 e. The van der Waals surface area contributed by atoms with Gasteiger partial charge in [-0.3, -0.25) is 15.0 Å². The molecule has 0 aliphatic rings. The maximum absolute atomic E-state index is 5.00. The monoisotopic (exact) mass is 1150 g/mol. The van der Waals surface area contributed by atoms with Gasteiger partial charge in [0.2, 0.25) is 0 Å². The van der Waals surface area contributed by atoms with E-state index in [2.05, 4.69) is 201 Å². The van der Waals surface area contributed by atoms with Gasteiger partial charge >= 0.3 is 0 Å². The summed E-state index contributed by atoms with van der Waals surface area (Å²) in [6.45, 7) is 0. The van der Waals surface area contributed by atoms with E-state index in [1.807, 2.05) is 79.0 Å². The van der Waals surface area contributed by atoms with Crippen molar-refractivity contribution in [2.45, 2.75) is 0 Å². The number of hydrogen-bond donors (Lipinski definition) is 0. The zero-order valence-electron chi connectivity index (χ0n) is 48.1. The van der Waals surface area contributed by atoms with Gasteiger partial charge in [-0.05, 0) is 144 Å². The van der Waals surface area contributed by atoms with Crippen LogP contribution in [-0.4, -0.2) is 59.8 Å². The van der Waals surface area contributed by atoms with Crippen molar-refractivity contribution in [3.8, 4) is 101 Å². The fourth-order valence-corrected chi connectivity index (χ4v) is 11.4. The molecular weight excluding hydrogens is 1100 g/mol. The van der Waals surface area contributed by atoms with Crippen LogP contribution >= 0.6 is 0 Å². The van der Waals surface area contributed by atoms with Crippen molar-refractivity contribution in [3.63, 3.8) is 0 Å². The summed E-state index contributed by atoms with van der Waals surface area (Å²) in [5, 5.41) is 6.49. The number of rotatable bonds is 9. The molecule has 420 valence electrons. The minimum absolute atomic E-state index is 0.549. The highest BCUT2D eigenvalue weighted by Crippen LogP contribution is 2.34. The van der Waals surface area contributed by atoms with Crippen molar-refractivity contribution >= 4 is 65.4 Å². The number of pyridine rings is 8. The summed E-state index contributed by atoms with van der Waals surface area (Å²) in [6.07, 6.45) is 12.2. The van der Waals surface area contributed by atoms with Gasteiger partial charge in [-0.15, -0.1) is 0 Å². The lowest BCUT2D eigenvalue weighted by Crippen LogP contribution is -1.98. The minimum Gasteiger partial charge on any atom is -0.264 e. The molecule has 0 saturated carbocycles. The molecule has 0 aliphatic carbocycles. The molecule has 10 aromatic heterocycles. The second-order valence-corrected chi connectivity index (χ2v) is 21.8. The van der Waals surface area contributed by atoms with Crippen LogP contribution in [0.15, 0.2) is 292 Å². The fourth-order valence-electron chi connectivity index (χ4n) is 11.4. The van der Waals surface area contributed by atoms with Crippen LogP contribution < -0.4 is 0 Å². The summed E-state index contributed by atoms with van der Waals surface area (Å²) in [7, 11) is 0. The molecule has 0 unspecified atom stereocenters. The highest BCUT2D eigenvalue weighted by molar-refractivity contribution is 6.03. The Morgan fingerprint density at radius 3 is 1.13 bits per heavy atom. The van der Waals surface area contributed by atoms with Crippen molar-refractivity contribution in [3.05, 3.63) is 292 Å². The van der Waals surface area contributed by atoms with Crippen LogP contribution in [0.5, 0.6) is 0 Å². The molecule has 90 heavy (non-hydrogen) atoms. The van der Waals surface area contributed by atoms with Gasteiger partial charge in [-0.2, -0.15) is 0 Å². The second-order valence-electron chi connectivity index (χ2n) is 21.8. The van der Waals surface area contributed by atoms with E-state index in [0.29, 0.717) is 11.5 Å². The first-order valence-electron chi connectivity index (χ1n) is 29.4. The molecule has 7 aromatic carbocycles. The molecule has 10 heterocycles. The Bertz CT molecular complexity index is 5480. The Labute approximate surface area is 516 Å². The van der Waals surface area contributed by atoms with Crippen LogP contribution in [0.1, 0.15) is 0 Å². The molecule has 0 spiro atoms. The Hall–Kier alpha value is -12.5. The van der Waals surface area contributed by atoms with Gasteiger partial charge in [0.15, 0.2) is 5.82 Å². The predicted octanol–water partition coefficient (Wildman–Crippen LogP) is 18.0. The summed E-state index contributed by atoms with van der Waals surface area (Å²) in [5.74, 6) is 0.549. The maximum atomic E-state index is 5.00. The van der Waals surface area contributed by atoms with Crippen LogP contribution in [0.2, 0.25) is 0 Å². The van der Waals surface area contributed by atoms with E-state index in [0.717, 1.165) is 155 Å². The Balaban J connectivity index is 0.000000144. The van der Waals surface area contributed by atoms with Gasteiger partial charge in [0, 0.05) is 97.3 Å². The third kappa shape index (κ3) is 10.6. The fraction of sp³-hybridized carbons (Fsp3) is 0. The van der Waals surface area contributed by atoms with Gasteiger partial charge < -0.3 is 0 Å². The average molecular weight is 1150 g/mol. The average Bonchev–Trinajstić information content (AvgIpc) is 1.26. The lowest BCUT2D eigenvalue weighted by molar-refractivity contribution is 1.15. The number of hydrogen-bond acceptors (Lipinski definition) is 12. The summed E-state index contributed by atoms with van der Waals surface area (Å²) >= 11 is 0. The van der Waals surface area contributed by atoms with Gasteiger partial charge in [-0.25, -0.2) is 44.9 Å². The lowest BCUT2D eigenvalue weighted by Gasteiger charge is -2.10. The van der Waals surface area contributed by atoms with Gasteiger partial charge in [-0.1, -0.05) is 127 Å². The zero-order chi connectivity index (χ0) is 59.7. The number of fused-ring (bicyclic) bond motifs is 7. The van der Waals surface area contributed by atoms with Gasteiger partial charge in [0.1, 0.15) is 12.0 Å². The van der Waals surface area contributed by atoms with E-state index in [4.69, 9.17) is 34.9 Å². The first kappa shape index (κ1) is 53.0. The molecule has 12 heteroatoms. The first-order chi connectivity index (χ1) is 44.5. The topological polar surface area (TPSA) is 155 Å². The van der Waals surface area contributed by atoms with Crippen LogP contribution in [0.25, 0.3) is 167 Å². The third-order valence-corrected chi connectivity index (χ3v) is 16.1. The molecule has 0 amide bonds. The van der Waals surface area contributed by atoms with Crippen LogP contribution in [0.4, 0.5) is 0 Å². The van der Waals surface area contributed by atoms with E-state index in [-0.39, 0.29) is 0 Å². The maximum Gasteiger partial charge on any atom is 0.179 e. The third-order valence-electron chi connectivity index (χ3n) is 16.1. The van der Waals surface area contributed by atoms with Crippen molar-refractivity contribution in [1.82, 2.24) is 59.8 Å². The predicted molar refractivity (Wildman–Crippen MR) is 360 cm³/mol. The first-order valence-corrected chi connectivity index (χ1v) is 29.4. The normalized spacial score (nSPS) is 11.3. The highest BCUT2D eigenvalue weighted by atomic mass is 14.9. The Morgan fingerprint density at radius 1 is 0.200 bits per heavy atom. The van der Waals surface area contributed by atoms with Crippen molar-refractivity contribution in [1.29, 1.82) is 0 Å². The van der Waals surface area contributed by atoms with E-state index >= 15 is 0 Å². The van der Waals surface area contributed by atoms with Crippen LogP contribution in [0.3, 0.4) is 0 Å². The molecule has 0 atom stereocenters. The largest absolute Gasteiger partial charge is 0.264 e. The molecule has 0 radical (unpaired) electrons. The molecule has 0 N–H and O–H groups in total. The van der Waals surface area contributed by atoms with Gasteiger partial charge in [0.05, 0.1) is 73.0 Å². The molecule has 17 rings (SSSR count). The van der Waals surface area contributed by atoms with E-state index < -0.39 is 0 Å². The van der Waals surface area contributed by atoms with Crippen LogP contribution in [-0.2, 0) is 0 Å². The SMILES string of the molecule is c1ccc(-c2ccc3cc(-c4ccc5nc(-c6nc(-c7cccnc7)cc(-c7cccnc7)n6)ccc5c4)ccc3n2)cc1.c1cnc2c(c1)ccc1ccc(-c3ccc(-c4ccc5cc(-c6ccc7nc(-c8ccncn8)ccc7c6)ccc5n4)cc3)nc12. The van der Waals surface area contributed by atoms with Crippen LogP contribution in [0, 0.1) is 0 Å². The lowest BCUT2D eigenvalue weighted by atomic mass is 10.0. The molecule has 0 saturated heterocycles. The Morgan fingerprint density at radius 2 is 0.622 bits per heavy atom. The number of benzene rings is 7. The molecular formula is C78H48N12. The number of nitrogens with zero attached hydrogens (tertiary/aromatic N) is 12. The highest BCUT2D eigenvalue weighted by Gasteiger charge is 2.15. The Kier molecular flexibility index (Phi) is 13.6. The van der Waals surface area contributed by atoms with E-state index in [9.17, 15) is 0 Å². The summed E-state index contributed by atoms with van der Waals surface area (Å²) in [4.78, 5) is 55.9. The molecule has 17 aromatic rings. The summed E-state index contributed by atoms with van der Waals surface area (Å²) < 4.78 is 0. The number of aromatic nitrogens is 12. The minimum atomic E-state index is 0.549. The van der Waals surface area contributed by atoms with Crippen molar-refractivity contribution < 1.29 is 0 Å². The van der Waals surface area contributed by atoms with E-state index in [1.54, 1.807) is 37.3 Å². The summed E-state index contributed by atoms with van der Waals surface area (Å²) in [5.41, 5.74) is 21.9. The quantitative estimate of drug-likeness (QED) is 0.126. The molecule has 0 bridgehead atoms. The molecule has 12 nitrogen and oxygen atoms in total.